The first-order valence-electron chi connectivity index (χ1n) is 7.98. The topological polar surface area (TPSA) is 81.9 Å². The smallest absolute Gasteiger partial charge is 0.263 e. The highest BCUT2D eigenvalue weighted by molar-refractivity contribution is 7.12. The third kappa shape index (κ3) is 2.28. The van der Waals surface area contributed by atoms with Crippen LogP contribution in [0.25, 0.3) is 5.69 Å². The van der Waals surface area contributed by atoms with E-state index in [1.54, 1.807) is 0 Å². The van der Waals surface area contributed by atoms with Crippen molar-refractivity contribution in [1.29, 1.82) is 0 Å². The minimum atomic E-state index is -0.0447. The molecule has 2 aromatic rings. The van der Waals surface area contributed by atoms with Crippen LogP contribution < -0.4 is 5.32 Å². The number of aromatic nitrogens is 4. The van der Waals surface area contributed by atoms with Crippen LogP contribution in [0.3, 0.4) is 0 Å². The molecule has 0 aromatic carbocycles. The van der Waals surface area contributed by atoms with Gasteiger partial charge in [0.2, 0.25) is 0 Å². The van der Waals surface area contributed by atoms with Crippen LogP contribution in [-0.4, -0.2) is 44.9 Å². The van der Waals surface area contributed by atoms with Crippen molar-refractivity contribution in [3.05, 3.63) is 22.7 Å². The molecule has 2 atom stereocenters. The zero-order chi connectivity index (χ0) is 15.9. The van der Waals surface area contributed by atoms with Crippen molar-refractivity contribution in [2.45, 2.75) is 44.8 Å². The van der Waals surface area contributed by atoms with Crippen molar-refractivity contribution in [3.63, 3.8) is 0 Å². The summed E-state index contributed by atoms with van der Waals surface area (Å²) >= 11 is 1.41. The fourth-order valence-electron chi connectivity index (χ4n) is 3.79. The van der Waals surface area contributed by atoms with Crippen LogP contribution in [0.2, 0.25) is 0 Å². The number of thiophene rings is 1. The Morgan fingerprint density at radius 2 is 2.43 bits per heavy atom. The number of tetrazole rings is 1. The van der Waals surface area contributed by atoms with E-state index in [9.17, 15) is 4.79 Å². The summed E-state index contributed by atoms with van der Waals surface area (Å²) in [4.78, 5) is 13.3. The molecule has 2 heterocycles. The molecule has 4 rings (SSSR count). The molecule has 0 aliphatic heterocycles. The lowest BCUT2D eigenvalue weighted by atomic mass is 9.51. The molecule has 0 radical (unpaired) electrons. The van der Waals surface area contributed by atoms with Gasteiger partial charge in [0.1, 0.15) is 11.2 Å². The molecule has 2 fully saturated rings. The molecule has 1 N–H and O–H groups in total. The van der Waals surface area contributed by atoms with Crippen molar-refractivity contribution in [2.24, 2.45) is 5.41 Å². The summed E-state index contributed by atoms with van der Waals surface area (Å²) in [5, 5.41) is 16.2. The molecule has 2 saturated carbocycles. The Kier molecular flexibility index (Phi) is 3.65. The Morgan fingerprint density at radius 1 is 1.57 bits per heavy atom. The van der Waals surface area contributed by atoms with Gasteiger partial charge in [-0.25, -0.2) is 0 Å². The normalized spacial score (nSPS) is 24.9. The third-order valence-corrected chi connectivity index (χ3v) is 6.09. The number of nitrogens with zero attached hydrogens (tertiary/aromatic N) is 4. The van der Waals surface area contributed by atoms with E-state index in [0.29, 0.717) is 11.0 Å². The number of rotatable bonds is 5. The molecule has 0 bridgehead atoms. The number of hydrogen-bond acceptors (Lipinski definition) is 6. The van der Waals surface area contributed by atoms with Gasteiger partial charge >= 0.3 is 0 Å². The summed E-state index contributed by atoms with van der Waals surface area (Å²) in [7, 11) is 0. The molecule has 122 valence electrons. The Bertz CT molecular complexity index is 695. The monoisotopic (exact) mass is 333 g/mol. The molecule has 1 amide bonds. The lowest BCUT2D eigenvalue weighted by Gasteiger charge is -2.60. The van der Waals surface area contributed by atoms with Gasteiger partial charge in [-0.2, -0.15) is 4.68 Å². The van der Waals surface area contributed by atoms with Crippen molar-refractivity contribution in [2.75, 3.05) is 6.61 Å². The van der Waals surface area contributed by atoms with Gasteiger partial charge in [0.15, 0.2) is 0 Å². The second-order valence-electron chi connectivity index (χ2n) is 6.18. The lowest BCUT2D eigenvalue weighted by Crippen LogP contribution is -2.67. The molecular weight excluding hydrogens is 314 g/mol. The first-order valence-corrected chi connectivity index (χ1v) is 8.86. The number of hydrogen-bond donors (Lipinski definition) is 1. The van der Waals surface area contributed by atoms with Gasteiger partial charge in [-0.05, 0) is 48.1 Å². The number of carbonyl (C=O) groups excluding carboxylic acids is 1. The van der Waals surface area contributed by atoms with E-state index in [0.717, 1.165) is 31.6 Å². The first kappa shape index (κ1) is 14.8. The Hall–Kier alpha value is -1.80. The van der Waals surface area contributed by atoms with Crippen molar-refractivity contribution in [3.8, 4) is 5.69 Å². The number of carbonyl (C=O) groups is 1. The van der Waals surface area contributed by atoms with Gasteiger partial charge in [0, 0.05) is 18.1 Å². The Labute approximate surface area is 138 Å². The van der Waals surface area contributed by atoms with E-state index in [2.05, 4.69) is 20.8 Å². The van der Waals surface area contributed by atoms with Gasteiger partial charge in [-0.15, -0.1) is 16.4 Å². The summed E-state index contributed by atoms with van der Waals surface area (Å²) in [6, 6.07) is 2.07. The summed E-state index contributed by atoms with van der Waals surface area (Å²) in [6.45, 7) is 2.77. The van der Waals surface area contributed by atoms with E-state index in [1.807, 2.05) is 18.4 Å². The predicted octanol–water partition coefficient (Wildman–Crippen LogP) is 1.80. The number of amides is 1. The minimum Gasteiger partial charge on any atom is -0.378 e. The molecule has 2 unspecified atom stereocenters. The highest BCUT2D eigenvalue weighted by Crippen LogP contribution is 2.57. The van der Waals surface area contributed by atoms with E-state index in [1.165, 1.54) is 28.8 Å². The SMILES string of the molecule is CCOC1CC(NC(=O)c2sccc2-n2cnnn2)C12CCC2. The van der Waals surface area contributed by atoms with E-state index in [4.69, 9.17) is 4.74 Å². The highest BCUT2D eigenvalue weighted by atomic mass is 32.1. The quantitative estimate of drug-likeness (QED) is 0.902. The van der Waals surface area contributed by atoms with Crippen LogP contribution in [0, 0.1) is 5.41 Å². The van der Waals surface area contributed by atoms with Gasteiger partial charge in [0.25, 0.3) is 5.91 Å². The van der Waals surface area contributed by atoms with Crippen molar-refractivity contribution in [1.82, 2.24) is 25.5 Å². The van der Waals surface area contributed by atoms with Gasteiger partial charge < -0.3 is 10.1 Å². The van der Waals surface area contributed by atoms with Crippen molar-refractivity contribution >= 4 is 17.2 Å². The predicted molar refractivity (Wildman–Crippen MR) is 84.6 cm³/mol. The fraction of sp³-hybridized carbons (Fsp3) is 0.600. The summed E-state index contributed by atoms with van der Waals surface area (Å²) in [6.07, 6.45) is 6.23. The molecular formula is C15H19N5O2S. The maximum absolute atomic E-state index is 12.7. The summed E-state index contributed by atoms with van der Waals surface area (Å²) in [5.74, 6) is -0.0447. The standard InChI is InChI=1S/C15H19N5O2S/c1-2-22-12-8-11(15(12)5-3-6-15)17-14(21)13-10(4-7-23-13)20-9-16-18-19-20/h4,7,9,11-12H,2-3,5-6,8H2,1H3,(H,17,21). The number of ether oxygens (including phenoxy) is 1. The molecule has 2 aliphatic carbocycles. The molecule has 0 saturated heterocycles. The molecule has 23 heavy (non-hydrogen) atoms. The highest BCUT2D eigenvalue weighted by Gasteiger charge is 2.59. The van der Waals surface area contributed by atoms with Crippen LogP contribution in [-0.2, 0) is 4.74 Å². The van der Waals surface area contributed by atoms with E-state index < -0.39 is 0 Å². The third-order valence-electron chi connectivity index (χ3n) is 5.19. The average Bonchev–Trinajstić information content (AvgIpc) is 3.14. The second kappa shape index (κ2) is 5.68. The zero-order valence-corrected chi connectivity index (χ0v) is 13.8. The maximum atomic E-state index is 12.7. The molecule has 1 spiro atoms. The zero-order valence-electron chi connectivity index (χ0n) is 12.9. The number of nitrogens with one attached hydrogen (secondary N) is 1. The van der Waals surface area contributed by atoms with Gasteiger partial charge in [0.05, 0.1) is 11.8 Å². The van der Waals surface area contributed by atoms with Gasteiger partial charge in [-0.1, -0.05) is 6.42 Å². The van der Waals surface area contributed by atoms with Crippen LogP contribution >= 0.6 is 11.3 Å². The molecule has 7 nitrogen and oxygen atoms in total. The Morgan fingerprint density at radius 3 is 3.09 bits per heavy atom. The lowest BCUT2D eigenvalue weighted by molar-refractivity contribution is -0.169. The maximum Gasteiger partial charge on any atom is 0.263 e. The summed E-state index contributed by atoms with van der Waals surface area (Å²) < 4.78 is 7.36. The Balaban J connectivity index is 1.48. The fourth-order valence-corrected chi connectivity index (χ4v) is 4.57. The summed E-state index contributed by atoms with van der Waals surface area (Å²) in [5.41, 5.74) is 0.888. The van der Waals surface area contributed by atoms with Crippen LogP contribution in [0.1, 0.15) is 42.3 Å². The first-order chi connectivity index (χ1) is 11.2. The van der Waals surface area contributed by atoms with E-state index >= 15 is 0 Å². The van der Waals surface area contributed by atoms with Crippen LogP contribution in [0.5, 0.6) is 0 Å². The minimum absolute atomic E-state index is 0.0447. The van der Waals surface area contributed by atoms with E-state index in [-0.39, 0.29) is 17.4 Å². The molecule has 2 aromatic heterocycles. The van der Waals surface area contributed by atoms with Crippen LogP contribution in [0.4, 0.5) is 0 Å². The second-order valence-corrected chi connectivity index (χ2v) is 7.10. The average molecular weight is 333 g/mol. The van der Waals surface area contributed by atoms with Crippen LogP contribution in [0.15, 0.2) is 17.8 Å². The van der Waals surface area contributed by atoms with Gasteiger partial charge in [-0.3, -0.25) is 4.79 Å². The van der Waals surface area contributed by atoms with Crippen molar-refractivity contribution < 1.29 is 9.53 Å². The molecule has 2 aliphatic rings. The molecule has 8 heteroatoms. The largest absolute Gasteiger partial charge is 0.378 e.